The van der Waals surface area contributed by atoms with Crippen LogP contribution in [0, 0.1) is 11.3 Å². The average molecular weight is 518 g/mol. The predicted octanol–water partition coefficient (Wildman–Crippen LogP) is 4.68. The van der Waals surface area contributed by atoms with Crippen LogP contribution >= 0.6 is 34.8 Å². The molecule has 1 unspecified atom stereocenters. The van der Waals surface area contributed by atoms with Gasteiger partial charge in [0.25, 0.3) is 5.91 Å². The summed E-state index contributed by atoms with van der Waals surface area (Å²) in [6.07, 6.45) is 0.830. The number of ketones is 2. The Kier molecular flexibility index (Phi) is 8.96. The maximum atomic E-state index is 12.7. The Bertz CT molecular complexity index is 972. The third kappa shape index (κ3) is 7.19. The summed E-state index contributed by atoms with van der Waals surface area (Å²) < 4.78 is 0. The fraction of sp³-hybridized carbons (Fsp3) is 0.478. The number of aliphatic carboxylic acids is 1. The van der Waals surface area contributed by atoms with Gasteiger partial charge in [-0.25, -0.2) is 4.79 Å². The van der Waals surface area contributed by atoms with E-state index in [1.807, 2.05) is 27.7 Å². The van der Waals surface area contributed by atoms with Crippen LogP contribution in [-0.4, -0.2) is 41.1 Å². The Morgan fingerprint density at radius 3 is 2.03 bits per heavy atom. The number of allylic oxidation sites excluding steroid dienone is 2. The first-order valence-corrected chi connectivity index (χ1v) is 11.6. The van der Waals surface area contributed by atoms with Crippen LogP contribution in [0.1, 0.15) is 57.3 Å². The number of Topliss-reactive ketones (excluding diaryl/α,β-unsaturated/α-hetero) is 2. The number of halogens is 3. The molecule has 1 aliphatic carbocycles. The Labute approximate surface area is 207 Å². The second kappa shape index (κ2) is 10.9. The highest BCUT2D eigenvalue weighted by atomic mass is 35.5. The van der Waals surface area contributed by atoms with Gasteiger partial charge in [0.05, 0.1) is 21.2 Å². The molecule has 0 aliphatic heterocycles. The van der Waals surface area contributed by atoms with Crippen LogP contribution in [0.2, 0.25) is 15.1 Å². The number of amides is 1. The van der Waals surface area contributed by atoms with Crippen molar-refractivity contribution >= 4 is 58.2 Å². The second-order valence-electron chi connectivity index (χ2n) is 9.31. The van der Waals surface area contributed by atoms with Gasteiger partial charge in [0.15, 0.2) is 11.6 Å². The number of carboxylic acids is 1. The van der Waals surface area contributed by atoms with Gasteiger partial charge in [0.2, 0.25) is 0 Å². The van der Waals surface area contributed by atoms with Crippen molar-refractivity contribution < 1.29 is 24.3 Å². The lowest BCUT2D eigenvalue weighted by Crippen LogP contribution is -2.47. The summed E-state index contributed by atoms with van der Waals surface area (Å²) in [5.41, 5.74) is -0.0505. The van der Waals surface area contributed by atoms with Crippen molar-refractivity contribution in [3.8, 4) is 0 Å². The zero-order chi connectivity index (χ0) is 25.1. The fourth-order valence-electron chi connectivity index (χ4n) is 3.69. The molecule has 33 heavy (non-hydrogen) atoms. The van der Waals surface area contributed by atoms with Crippen LogP contribution in [0.15, 0.2) is 23.4 Å². The van der Waals surface area contributed by atoms with E-state index >= 15 is 0 Å². The molecule has 0 bridgehead atoms. The van der Waals surface area contributed by atoms with Crippen LogP contribution in [0.5, 0.6) is 0 Å². The lowest BCUT2D eigenvalue weighted by atomic mass is 9.73. The first kappa shape index (κ1) is 27.2. The van der Waals surface area contributed by atoms with Gasteiger partial charge in [0.1, 0.15) is 6.04 Å². The van der Waals surface area contributed by atoms with Crippen molar-refractivity contribution in [3.63, 3.8) is 0 Å². The monoisotopic (exact) mass is 516 g/mol. The van der Waals surface area contributed by atoms with E-state index in [2.05, 4.69) is 10.6 Å². The Hall–Kier alpha value is -2.09. The minimum Gasteiger partial charge on any atom is -0.480 e. The van der Waals surface area contributed by atoms with Crippen molar-refractivity contribution in [1.29, 1.82) is 0 Å². The fourth-order valence-corrected chi connectivity index (χ4v) is 4.68. The Morgan fingerprint density at radius 2 is 1.58 bits per heavy atom. The van der Waals surface area contributed by atoms with E-state index in [0.29, 0.717) is 12.1 Å². The van der Waals surface area contributed by atoms with Gasteiger partial charge in [-0.1, -0.05) is 62.5 Å². The molecule has 180 valence electrons. The Morgan fingerprint density at radius 1 is 1.06 bits per heavy atom. The molecule has 0 saturated heterocycles. The summed E-state index contributed by atoms with van der Waals surface area (Å²) in [6, 6.07) is 1.27. The molecular formula is C23H27Cl3N2O5. The molecule has 0 aromatic heterocycles. The number of carboxylic acid groups (broad SMARTS) is 1. The zero-order valence-corrected chi connectivity index (χ0v) is 21.1. The summed E-state index contributed by atoms with van der Waals surface area (Å²) in [7, 11) is 0. The van der Waals surface area contributed by atoms with E-state index in [1.54, 1.807) is 0 Å². The molecule has 1 aromatic carbocycles. The summed E-state index contributed by atoms with van der Waals surface area (Å²) >= 11 is 18.0. The second-order valence-corrected chi connectivity index (χ2v) is 10.6. The zero-order valence-electron chi connectivity index (χ0n) is 18.9. The number of hydrogen-bond acceptors (Lipinski definition) is 5. The van der Waals surface area contributed by atoms with Crippen molar-refractivity contribution in [2.45, 2.75) is 53.0 Å². The molecule has 0 heterocycles. The minimum absolute atomic E-state index is 0.0225. The van der Waals surface area contributed by atoms with Crippen molar-refractivity contribution in [2.75, 3.05) is 6.54 Å². The van der Waals surface area contributed by atoms with Crippen molar-refractivity contribution in [1.82, 2.24) is 10.6 Å². The number of benzene rings is 1. The highest BCUT2D eigenvalue weighted by molar-refractivity contribution is 6.42. The quantitative estimate of drug-likeness (QED) is 0.341. The molecule has 3 N–H and O–H groups in total. The summed E-state index contributed by atoms with van der Waals surface area (Å²) in [6.45, 7) is 7.31. The topological polar surface area (TPSA) is 113 Å². The first-order chi connectivity index (χ1) is 15.2. The number of nitrogens with one attached hydrogen (secondary N) is 2. The summed E-state index contributed by atoms with van der Waals surface area (Å²) in [4.78, 5) is 50.0. The van der Waals surface area contributed by atoms with E-state index in [9.17, 15) is 24.3 Å². The number of rotatable bonds is 8. The standard InChI is InChI=1S/C23H27Cl3N2O5/c1-11(2)5-15(20-17(29)8-23(3,4)9-18(20)30)27-10-16(22(32)33)28-21(31)19-13(25)6-12(24)7-14(19)26/h6-7,11,16,27H,5,8-10H2,1-4H3,(H,28,31)(H,32,33). The third-order valence-corrected chi connectivity index (χ3v) is 5.92. The SMILES string of the molecule is CC(C)CC(NCC(NC(=O)c1c(Cl)cc(Cl)cc1Cl)C(=O)O)=C1C(=O)CC(C)(C)CC1=O. The number of carbonyl (C=O) groups is 4. The third-order valence-electron chi connectivity index (χ3n) is 5.11. The molecule has 1 aromatic rings. The van der Waals surface area contributed by atoms with Gasteiger partial charge in [-0.2, -0.15) is 0 Å². The van der Waals surface area contributed by atoms with E-state index in [-0.39, 0.29) is 63.1 Å². The molecular weight excluding hydrogens is 491 g/mol. The molecule has 0 spiro atoms. The van der Waals surface area contributed by atoms with Crippen LogP contribution < -0.4 is 10.6 Å². The maximum Gasteiger partial charge on any atom is 0.328 e. The van der Waals surface area contributed by atoms with Gasteiger partial charge >= 0.3 is 5.97 Å². The van der Waals surface area contributed by atoms with E-state index in [1.165, 1.54) is 12.1 Å². The van der Waals surface area contributed by atoms with Gasteiger partial charge in [-0.15, -0.1) is 0 Å². The average Bonchev–Trinajstić information content (AvgIpc) is 2.61. The highest BCUT2D eigenvalue weighted by Crippen LogP contribution is 2.35. The number of hydrogen-bond donors (Lipinski definition) is 3. The maximum absolute atomic E-state index is 12.7. The van der Waals surface area contributed by atoms with Gasteiger partial charge in [-0.3, -0.25) is 14.4 Å². The molecule has 1 amide bonds. The summed E-state index contributed by atoms with van der Waals surface area (Å²) in [5.74, 6) is -2.54. The molecule has 7 nitrogen and oxygen atoms in total. The molecule has 10 heteroatoms. The smallest absolute Gasteiger partial charge is 0.328 e. The molecule has 1 aliphatic rings. The number of carbonyl (C=O) groups excluding carboxylic acids is 3. The Balaban J connectivity index is 2.27. The minimum atomic E-state index is -1.38. The van der Waals surface area contributed by atoms with E-state index < -0.39 is 23.3 Å². The molecule has 1 atom stereocenters. The van der Waals surface area contributed by atoms with Gasteiger partial charge < -0.3 is 15.7 Å². The highest BCUT2D eigenvalue weighted by Gasteiger charge is 2.37. The molecule has 2 rings (SSSR count). The van der Waals surface area contributed by atoms with Crippen LogP contribution in [0.4, 0.5) is 0 Å². The lowest BCUT2D eigenvalue weighted by Gasteiger charge is -2.30. The summed E-state index contributed by atoms with van der Waals surface area (Å²) in [5, 5.41) is 15.1. The molecule has 0 radical (unpaired) electrons. The van der Waals surface area contributed by atoms with Crippen molar-refractivity contribution in [2.24, 2.45) is 11.3 Å². The van der Waals surface area contributed by atoms with Gasteiger partial charge in [0, 0.05) is 30.1 Å². The van der Waals surface area contributed by atoms with E-state index in [0.717, 1.165) is 0 Å². The van der Waals surface area contributed by atoms with Gasteiger partial charge in [-0.05, 0) is 29.9 Å². The van der Waals surface area contributed by atoms with Crippen LogP contribution in [-0.2, 0) is 14.4 Å². The van der Waals surface area contributed by atoms with Crippen molar-refractivity contribution in [3.05, 3.63) is 44.0 Å². The van der Waals surface area contributed by atoms with Crippen LogP contribution in [0.25, 0.3) is 0 Å². The normalized spacial score (nSPS) is 16.5. The molecule has 1 saturated carbocycles. The predicted molar refractivity (Wildman–Crippen MR) is 128 cm³/mol. The van der Waals surface area contributed by atoms with E-state index in [4.69, 9.17) is 34.8 Å². The van der Waals surface area contributed by atoms with Crippen LogP contribution in [0.3, 0.4) is 0 Å². The largest absolute Gasteiger partial charge is 0.480 e. The molecule has 1 fully saturated rings. The lowest BCUT2D eigenvalue weighted by molar-refractivity contribution is -0.139. The first-order valence-electron chi connectivity index (χ1n) is 10.4.